The molecule has 7 heteroatoms. The van der Waals surface area contributed by atoms with E-state index in [1.807, 2.05) is 58.2 Å². The number of aromatic nitrogens is 2. The highest BCUT2D eigenvalue weighted by Crippen LogP contribution is 1.91. The highest BCUT2D eigenvalue weighted by Gasteiger charge is 2.05. The summed E-state index contributed by atoms with van der Waals surface area (Å²) in [5.41, 5.74) is 1.59. The zero-order valence-electron chi connectivity index (χ0n) is 11.3. The average molecular weight is 288 g/mol. The fraction of sp³-hybridized carbons (Fsp3) is 0.143. The Balaban J connectivity index is 1.87. The maximum Gasteiger partial charge on any atom is 0.257 e. The van der Waals surface area contributed by atoms with Crippen LogP contribution in [0.15, 0.2) is 59.4 Å². The summed E-state index contributed by atoms with van der Waals surface area (Å²) in [7, 11) is 0. The van der Waals surface area contributed by atoms with Crippen LogP contribution in [0.5, 0.6) is 0 Å². The third-order valence-corrected chi connectivity index (χ3v) is 2.69. The molecule has 0 radical (unpaired) electrons. The first-order chi connectivity index (χ1) is 10.3. The summed E-state index contributed by atoms with van der Waals surface area (Å²) >= 11 is 0. The van der Waals surface area contributed by atoms with Crippen LogP contribution < -0.4 is 9.13 Å². The van der Waals surface area contributed by atoms with E-state index in [1.54, 1.807) is 0 Å². The van der Waals surface area contributed by atoms with Crippen molar-refractivity contribution in [2.75, 3.05) is 0 Å². The van der Waals surface area contributed by atoms with Crippen molar-refractivity contribution in [1.82, 2.24) is 0 Å². The predicted octanol–water partition coefficient (Wildman–Crippen LogP) is 0.510. The lowest BCUT2D eigenvalue weighted by Gasteiger charge is -1.99. The molecular formula is C14H16N4O3+2. The number of pyridine rings is 2. The van der Waals surface area contributed by atoms with Gasteiger partial charge in [0.05, 0.1) is 18.0 Å². The average Bonchev–Trinajstić information content (AvgIpc) is 2.50. The topological polar surface area (TPSA) is 82.2 Å². The number of oxime groups is 2. The van der Waals surface area contributed by atoms with Crippen LogP contribution >= 0.6 is 0 Å². The Morgan fingerprint density at radius 1 is 0.905 bits per heavy atom. The van der Waals surface area contributed by atoms with Gasteiger partial charge in [0.25, 0.3) is 13.5 Å². The molecule has 0 bridgehead atoms. The second-order valence-electron chi connectivity index (χ2n) is 4.25. The summed E-state index contributed by atoms with van der Waals surface area (Å²) in [6.07, 6.45) is 10.0. The predicted molar refractivity (Wildman–Crippen MR) is 73.1 cm³/mol. The lowest BCUT2D eigenvalue weighted by molar-refractivity contribution is -0.788. The summed E-state index contributed by atoms with van der Waals surface area (Å²) in [4.78, 5) is 0. The van der Waals surface area contributed by atoms with Crippen molar-refractivity contribution in [3.05, 3.63) is 60.2 Å². The Morgan fingerprint density at radius 2 is 1.57 bits per heavy atom. The zero-order chi connectivity index (χ0) is 14.9. The monoisotopic (exact) mass is 288 g/mol. The summed E-state index contributed by atoms with van der Waals surface area (Å²) in [5, 5.41) is 22.9. The Hall–Kier alpha value is -2.80. The minimum Gasteiger partial charge on any atom is -0.411 e. The van der Waals surface area contributed by atoms with E-state index in [2.05, 4.69) is 10.3 Å². The van der Waals surface area contributed by atoms with Gasteiger partial charge < -0.3 is 10.4 Å². The molecule has 21 heavy (non-hydrogen) atoms. The minimum absolute atomic E-state index is 0.375. The summed E-state index contributed by atoms with van der Waals surface area (Å²) in [6, 6.07) is 7.30. The largest absolute Gasteiger partial charge is 0.411 e. The van der Waals surface area contributed by atoms with E-state index < -0.39 is 0 Å². The number of rotatable bonds is 6. The van der Waals surface area contributed by atoms with Crippen LogP contribution in [0.3, 0.4) is 0 Å². The van der Waals surface area contributed by atoms with Gasteiger partial charge in [-0.15, -0.1) is 0 Å². The van der Waals surface area contributed by atoms with Crippen LogP contribution in [0.4, 0.5) is 0 Å². The first kappa shape index (κ1) is 14.6. The minimum atomic E-state index is 0.375. The molecule has 2 heterocycles. The zero-order valence-corrected chi connectivity index (χ0v) is 11.3. The van der Waals surface area contributed by atoms with Crippen molar-refractivity contribution < 1.29 is 24.3 Å². The van der Waals surface area contributed by atoms with Gasteiger partial charge in [-0.05, 0) is 6.07 Å². The fourth-order valence-electron chi connectivity index (χ4n) is 1.72. The van der Waals surface area contributed by atoms with Gasteiger partial charge in [-0.25, -0.2) is 0 Å². The molecule has 0 aliphatic heterocycles. The van der Waals surface area contributed by atoms with Gasteiger partial charge in [0, 0.05) is 23.8 Å². The van der Waals surface area contributed by atoms with E-state index in [1.165, 1.54) is 12.4 Å². The maximum atomic E-state index is 8.50. The summed E-state index contributed by atoms with van der Waals surface area (Å²) in [6.45, 7) is 0.766. The first-order valence-corrected chi connectivity index (χ1v) is 6.22. The van der Waals surface area contributed by atoms with Crippen molar-refractivity contribution in [3.8, 4) is 0 Å². The molecule has 2 aromatic heterocycles. The Labute approximate surface area is 121 Å². The van der Waals surface area contributed by atoms with Gasteiger partial charge >= 0.3 is 0 Å². The van der Waals surface area contributed by atoms with E-state index in [9.17, 15) is 0 Å². The SMILES string of the molecule is O/N=C/c1cc[n+](COC[n+]2cccc(/C=N/O)c2)cc1. The standard InChI is InChI=1S/C14H14N4O3/c19-15-8-13-3-6-17(7-4-13)11-21-12-18-5-1-2-14(10-18)9-16-20/h1-10H,11-12H2/p+2/b16-9+. The van der Waals surface area contributed by atoms with Crippen LogP contribution in [-0.2, 0) is 18.2 Å². The van der Waals surface area contributed by atoms with Gasteiger partial charge in [0.2, 0.25) is 0 Å². The highest BCUT2D eigenvalue weighted by atomic mass is 16.5. The molecule has 108 valence electrons. The Morgan fingerprint density at radius 3 is 2.29 bits per heavy atom. The van der Waals surface area contributed by atoms with Crippen molar-refractivity contribution in [3.63, 3.8) is 0 Å². The van der Waals surface area contributed by atoms with Gasteiger partial charge in [-0.2, -0.15) is 9.13 Å². The van der Waals surface area contributed by atoms with Crippen molar-refractivity contribution in [2.24, 2.45) is 10.3 Å². The second kappa shape index (κ2) is 7.71. The Kier molecular flexibility index (Phi) is 5.36. The maximum absolute atomic E-state index is 8.50. The molecule has 0 saturated heterocycles. The number of ether oxygens (including phenoxy) is 1. The molecular weight excluding hydrogens is 272 g/mol. The molecule has 2 rings (SSSR count). The van der Waals surface area contributed by atoms with Crippen LogP contribution in [0, 0.1) is 0 Å². The van der Waals surface area contributed by atoms with E-state index in [0.717, 1.165) is 11.1 Å². The summed E-state index contributed by atoms with van der Waals surface area (Å²) < 4.78 is 9.27. The van der Waals surface area contributed by atoms with Gasteiger partial charge in [-0.1, -0.05) is 10.3 Å². The third kappa shape index (κ3) is 4.66. The molecule has 2 N–H and O–H groups in total. The molecule has 0 fully saturated rings. The molecule has 0 amide bonds. The highest BCUT2D eigenvalue weighted by molar-refractivity contribution is 5.78. The number of hydrogen-bond acceptors (Lipinski definition) is 5. The molecule has 0 atom stereocenters. The normalized spacial score (nSPS) is 11.4. The van der Waals surface area contributed by atoms with Crippen LogP contribution in [0.2, 0.25) is 0 Å². The van der Waals surface area contributed by atoms with Gasteiger partial charge in [-0.3, -0.25) is 4.74 Å². The lowest BCUT2D eigenvalue weighted by atomic mass is 10.3. The van der Waals surface area contributed by atoms with Crippen molar-refractivity contribution in [1.29, 1.82) is 0 Å². The second-order valence-corrected chi connectivity index (χ2v) is 4.25. The van der Waals surface area contributed by atoms with Crippen molar-refractivity contribution >= 4 is 12.4 Å². The van der Waals surface area contributed by atoms with Crippen LogP contribution in [0.25, 0.3) is 0 Å². The van der Waals surface area contributed by atoms with E-state index >= 15 is 0 Å². The molecule has 0 aromatic carbocycles. The number of nitrogens with zero attached hydrogens (tertiary/aromatic N) is 4. The van der Waals surface area contributed by atoms with Crippen LogP contribution in [-0.4, -0.2) is 22.8 Å². The van der Waals surface area contributed by atoms with E-state index in [0.29, 0.717) is 13.5 Å². The number of hydrogen-bond donors (Lipinski definition) is 2. The molecule has 0 spiro atoms. The quantitative estimate of drug-likeness (QED) is 0.352. The smallest absolute Gasteiger partial charge is 0.257 e. The third-order valence-electron chi connectivity index (χ3n) is 2.69. The lowest BCUT2D eigenvalue weighted by Crippen LogP contribution is -2.40. The fourth-order valence-corrected chi connectivity index (χ4v) is 1.72. The van der Waals surface area contributed by atoms with Crippen molar-refractivity contribution in [2.45, 2.75) is 13.5 Å². The molecule has 2 aromatic rings. The Bertz CT molecular complexity index is 626. The van der Waals surface area contributed by atoms with E-state index in [-0.39, 0.29) is 0 Å². The first-order valence-electron chi connectivity index (χ1n) is 6.22. The van der Waals surface area contributed by atoms with Crippen LogP contribution in [0.1, 0.15) is 11.1 Å². The summed E-state index contributed by atoms with van der Waals surface area (Å²) in [5.74, 6) is 0. The molecule has 0 aliphatic carbocycles. The molecule has 0 saturated carbocycles. The van der Waals surface area contributed by atoms with Gasteiger partial charge in [0.15, 0.2) is 24.8 Å². The molecule has 0 aliphatic rings. The van der Waals surface area contributed by atoms with Gasteiger partial charge in [0.1, 0.15) is 0 Å². The van der Waals surface area contributed by atoms with E-state index in [4.69, 9.17) is 15.2 Å². The molecule has 0 unspecified atom stereocenters. The molecule has 7 nitrogen and oxygen atoms in total.